The number of benzene rings is 1. The third-order valence-corrected chi connectivity index (χ3v) is 4.46. The zero-order chi connectivity index (χ0) is 15.5. The topological polar surface area (TPSA) is 32.7 Å². The Hall–Kier alpha value is -0.900. The van der Waals surface area contributed by atoms with Gasteiger partial charge in [0, 0.05) is 25.0 Å². The Bertz CT molecular complexity index is 430. The molecular weight excluding hydrogens is 262 g/mol. The molecule has 1 fully saturated rings. The summed E-state index contributed by atoms with van der Waals surface area (Å²) >= 11 is 0. The van der Waals surface area contributed by atoms with Gasteiger partial charge in [-0.1, -0.05) is 50.6 Å². The van der Waals surface area contributed by atoms with E-state index in [-0.39, 0.29) is 18.1 Å². The van der Waals surface area contributed by atoms with Gasteiger partial charge in [0.15, 0.2) is 0 Å². The molecule has 0 bridgehead atoms. The molecule has 1 aliphatic heterocycles. The summed E-state index contributed by atoms with van der Waals surface area (Å²) in [5.74, 6) is 0.307. The number of aliphatic hydroxyl groups is 1. The molecule has 2 atom stereocenters. The highest BCUT2D eigenvalue weighted by Crippen LogP contribution is 2.39. The van der Waals surface area contributed by atoms with Crippen LogP contribution in [0.1, 0.15) is 37.8 Å². The largest absolute Gasteiger partial charge is 0.395 e. The van der Waals surface area contributed by atoms with E-state index in [0.717, 1.165) is 26.3 Å². The van der Waals surface area contributed by atoms with Gasteiger partial charge in [-0.05, 0) is 17.9 Å². The number of nitrogens with zero attached hydrogens (tertiary/aromatic N) is 1. The first-order chi connectivity index (χ1) is 9.93. The minimum Gasteiger partial charge on any atom is -0.395 e. The second-order valence-electron chi connectivity index (χ2n) is 7.15. The molecule has 1 heterocycles. The maximum atomic E-state index is 10.0. The first kappa shape index (κ1) is 16.5. The van der Waals surface area contributed by atoms with Crippen molar-refractivity contribution >= 4 is 0 Å². The summed E-state index contributed by atoms with van der Waals surface area (Å²) in [6.45, 7) is 12.4. The fourth-order valence-corrected chi connectivity index (χ4v) is 3.41. The lowest BCUT2D eigenvalue weighted by Gasteiger charge is -2.44. The van der Waals surface area contributed by atoms with Gasteiger partial charge in [0.2, 0.25) is 0 Å². The van der Waals surface area contributed by atoms with Crippen molar-refractivity contribution < 1.29 is 9.84 Å². The smallest absolute Gasteiger partial charge is 0.0594 e. The molecular formula is C18H29NO2. The van der Waals surface area contributed by atoms with Crippen molar-refractivity contribution in [3.63, 3.8) is 0 Å². The maximum absolute atomic E-state index is 10.0. The fourth-order valence-electron chi connectivity index (χ4n) is 3.41. The molecule has 3 heteroatoms. The van der Waals surface area contributed by atoms with Gasteiger partial charge in [0.05, 0.1) is 19.8 Å². The van der Waals surface area contributed by atoms with Crippen molar-refractivity contribution in [2.75, 3.05) is 32.9 Å². The van der Waals surface area contributed by atoms with E-state index in [2.05, 4.69) is 56.9 Å². The van der Waals surface area contributed by atoms with Crippen LogP contribution in [0.4, 0.5) is 0 Å². The zero-order valence-corrected chi connectivity index (χ0v) is 13.8. The Morgan fingerprint density at radius 2 is 1.71 bits per heavy atom. The van der Waals surface area contributed by atoms with Gasteiger partial charge in [0.25, 0.3) is 0 Å². The number of hydrogen-bond donors (Lipinski definition) is 1. The molecule has 0 aliphatic carbocycles. The SMILES string of the molecule is Cc1ccc(C(C(CO)N2CCOCC2)C(C)(C)C)cc1. The van der Waals surface area contributed by atoms with Crippen LogP contribution in [0.2, 0.25) is 0 Å². The van der Waals surface area contributed by atoms with Crippen LogP contribution >= 0.6 is 0 Å². The minimum atomic E-state index is 0.0982. The Kier molecular flexibility index (Phi) is 5.42. The zero-order valence-electron chi connectivity index (χ0n) is 13.8. The van der Waals surface area contributed by atoms with Gasteiger partial charge in [-0.3, -0.25) is 4.90 Å². The third-order valence-electron chi connectivity index (χ3n) is 4.46. The number of rotatable bonds is 4. The molecule has 3 nitrogen and oxygen atoms in total. The molecule has 21 heavy (non-hydrogen) atoms. The molecule has 1 saturated heterocycles. The summed E-state index contributed by atoms with van der Waals surface area (Å²) in [5, 5.41) is 10.0. The van der Waals surface area contributed by atoms with E-state index >= 15 is 0 Å². The predicted octanol–water partition coefficient (Wildman–Crippen LogP) is 2.82. The maximum Gasteiger partial charge on any atom is 0.0594 e. The summed E-state index contributed by atoms with van der Waals surface area (Å²) < 4.78 is 5.46. The minimum absolute atomic E-state index is 0.0982. The summed E-state index contributed by atoms with van der Waals surface area (Å²) in [7, 11) is 0. The Balaban J connectivity index is 2.31. The fraction of sp³-hybridized carbons (Fsp3) is 0.667. The molecule has 1 N–H and O–H groups in total. The van der Waals surface area contributed by atoms with Crippen LogP contribution < -0.4 is 0 Å². The molecule has 0 radical (unpaired) electrons. The van der Waals surface area contributed by atoms with Crippen LogP contribution in [0.25, 0.3) is 0 Å². The Morgan fingerprint density at radius 3 is 2.19 bits per heavy atom. The van der Waals surface area contributed by atoms with Crippen LogP contribution in [0.5, 0.6) is 0 Å². The molecule has 1 aromatic carbocycles. The second-order valence-corrected chi connectivity index (χ2v) is 7.15. The third kappa shape index (κ3) is 4.06. The van der Waals surface area contributed by atoms with Crippen molar-refractivity contribution in [1.29, 1.82) is 0 Å². The highest BCUT2D eigenvalue weighted by atomic mass is 16.5. The lowest BCUT2D eigenvalue weighted by Crippen LogP contribution is -2.50. The van der Waals surface area contributed by atoms with E-state index in [9.17, 15) is 5.11 Å². The number of hydrogen-bond acceptors (Lipinski definition) is 3. The van der Waals surface area contributed by atoms with Gasteiger partial charge < -0.3 is 9.84 Å². The quantitative estimate of drug-likeness (QED) is 0.926. The molecule has 1 aliphatic rings. The lowest BCUT2D eigenvalue weighted by molar-refractivity contribution is -0.0157. The van der Waals surface area contributed by atoms with E-state index in [1.807, 2.05) is 0 Å². The average Bonchev–Trinajstić information content (AvgIpc) is 2.45. The first-order valence-corrected chi connectivity index (χ1v) is 7.92. The summed E-state index contributed by atoms with van der Waals surface area (Å²) in [6, 6.07) is 8.92. The summed E-state index contributed by atoms with van der Waals surface area (Å²) in [5.41, 5.74) is 2.69. The molecule has 0 amide bonds. The first-order valence-electron chi connectivity index (χ1n) is 7.92. The predicted molar refractivity (Wildman–Crippen MR) is 86.6 cm³/mol. The van der Waals surface area contributed by atoms with Crippen LogP contribution in [0, 0.1) is 12.3 Å². The molecule has 2 unspecified atom stereocenters. The molecule has 1 aromatic rings. The molecule has 0 saturated carbocycles. The van der Waals surface area contributed by atoms with Gasteiger partial charge in [-0.2, -0.15) is 0 Å². The van der Waals surface area contributed by atoms with Gasteiger partial charge in [-0.25, -0.2) is 0 Å². The number of aliphatic hydroxyl groups excluding tert-OH is 1. The van der Waals surface area contributed by atoms with E-state index in [0.29, 0.717) is 5.92 Å². The normalized spacial score (nSPS) is 20.2. The van der Waals surface area contributed by atoms with Crippen LogP contribution in [0.15, 0.2) is 24.3 Å². The highest BCUT2D eigenvalue weighted by molar-refractivity contribution is 5.27. The average molecular weight is 291 g/mol. The molecule has 0 spiro atoms. The summed E-state index contributed by atoms with van der Waals surface area (Å²) in [4.78, 5) is 2.39. The van der Waals surface area contributed by atoms with Crippen molar-refractivity contribution in [2.24, 2.45) is 5.41 Å². The molecule has 2 rings (SSSR count). The van der Waals surface area contributed by atoms with Crippen molar-refractivity contribution in [2.45, 2.75) is 39.7 Å². The van der Waals surface area contributed by atoms with Gasteiger partial charge in [-0.15, -0.1) is 0 Å². The number of aryl methyl sites for hydroxylation is 1. The summed E-state index contributed by atoms with van der Waals surface area (Å²) in [6.07, 6.45) is 0. The van der Waals surface area contributed by atoms with Gasteiger partial charge in [0.1, 0.15) is 0 Å². The highest BCUT2D eigenvalue weighted by Gasteiger charge is 2.37. The van der Waals surface area contributed by atoms with E-state index in [1.165, 1.54) is 11.1 Å². The van der Waals surface area contributed by atoms with Crippen LogP contribution in [-0.2, 0) is 4.74 Å². The van der Waals surface area contributed by atoms with Crippen molar-refractivity contribution in [3.8, 4) is 0 Å². The molecule has 118 valence electrons. The number of ether oxygens (including phenoxy) is 1. The Labute approximate surface area is 128 Å². The second kappa shape index (κ2) is 6.91. The van der Waals surface area contributed by atoms with E-state index < -0.39 is 0 Å². The van der Waals surface area contributed by atoms with E-state index in [1.54, 1.807) is 0 Å². The van der Waals surface area contributed by atoms with Crippen molar-refractivity contribution in [3.05, 3.63) is 35.4 Å². The monoisotopic (exact) mass is 291 g/mol. The standard InChI is InChI=1S/C18H29NO2/c1-14-5-7-15(8-6-14)17(18(2,3)4)16(13-20)19-9-11-21-12-10-19/h5-8,16-17,20H,9-13H2,1-4H3. The number of morpholine rings is 1. The molecule has 0 aromatic heterocycles. The lowest BCUT2D eigenvalue weighted by atomic mass is 9.71. The van der Waals surface area contributed by atoms with Crippen LogP contribution in [0.3, 0.4) is 0 Å². The van der Waals surface area contributed by atoms with Crippen molar-refractivity contribution in [1.82, 2.24) is 4.90 Å². The van der Waals surface area contributed by atoms with Crippen LogP contribution in [-0.4, -0.2) is 49.0 Å². The van der Waals surface area contributed by atoms with E-state index in [4.69, 9.17) is 4.74 Å². The van der Waals surface area contributed by atoms with Gasteiger partial charge >= 0.3 is 0 Å². The Morgan fingerprint density at radius 1 is 1.14 bits per heavy atom.